The number of carbonyl (C=O) groups is 1. The van der Waals surface area contributed by atoms with Gasteiger partial charge in [-0.3, -0.25) is 0 Å². The first-order valence-electron chi connectivity index (χ1n) is 5.19. The Morgan fingerprint density at radius 1 is 1.62 bits per heavy atom. The largest absolute Gasteiger partial charge is 0.475 e. The average molecular weight is 243 g/mol. The second-order valence-corrected chi connectivity index (χ2v) is 4.86. The van der Waals surface area contributed by atoms with Crippen molar-refractivity contribution >= 4 is 17.7 Å². The fourth-order valence-corrected chi connectivity index (χ4v) is 1.58. The highest BCUT2D eigenvalue weighted by Gasteiger charge is 2.08. The van der Waals surface area contributed by atoms with Crippen LogP contribution in [-0.2, 0) is 6.54 Å². The van der Waals surface area contributed by atoms with Crippen LogP contribution in [0.15, 0.2) is 16.5 Å². The summed E-state index contributed by atoms with van der Waals surface area (Å²) in [6, 6.07) is 3.16. The molecular formula is C11H17NO3S. The van der Waals surface area contributed by atoms with E-state index >= 15 is 0 Å². The van der Waals surface area contributed by atoms with Gasteiger partial charge in [0.2, 0.25) is 5.76 Å². The molecule has 0 saturated carbocycles. The van der Waals surface area contributed by atoms with E-state index in [1.165, 1.54) is 6.07 Å². The SMILES string of the molecule is CSC(C)CCNCc1ccc(C(=O)O)o1. The summed E-state index contributed by atoms with van der Waals surface area (Å²) in [5, 5.41) is 12.5. The number of carboxylic acids is 1. The summed E-state index contributed by atoms with van der Waals surface area (Å²) >= 11 is 1.84. The van der Waals surface area contributed by atoms with Crippen LogP contribution in [0.25, 0.3) is 0 Å². The summed E-state index contributed by atoms with van der Waals surface area (Å²) in [5.41, 5.74) is 0. The van der Waals surface area contributed by atoms with E-state index in [9.17, 15) is 4.79 Å². The fourth-order valence-electron chi connectivity index (χ4n) is 1.22. The van der Waals surface area contributed by atoms with Crippen LogP contribution in [0.4, 0.5) is 0 Å². The van der Waals surface area contributed by atoms with Crippen molar-refractivity contribution in [2.75, 3.05) is 12.8 Å². The Morgan fingerprint density at radius 2 is 2.38 bits per heavy atom. The Morgan fingerprint density at radius 3 is 2.94 bits per heavy atom. The van der Waals surface area contributed by atoms with Crippen molar-refractivity contribution in [3.8, 4) is 0 Å². The van der Waals surface area contributed by atoms with Crippen LogP contribution < -0.4 is 5.32 Å². The number of rotatable bonds is 7. The minimum absolute atomic E-state index is 0.00529. The van der Waals surface area contributed by atoms with Crippen molar-refractivity contribution in [2.45, 2.75) is 25.1 Å². The molecule has 0 aromatic carbocycles. The van der Waals surface area contributed by atoms with Crippen LogP contribution in [0, 0.1) is 0 Å². The van der Waals surface area contributed by atoms with E-state index in [-0.39, 0.29) is 5.76 Å². The van der Waals surface area contributed by atoms with Gasteiger partial charge in [0.25, 0.3) is 0 Å². The summed E-state index contributed by atoms with van der Waals surface area (Å²) in [4.78, 5) is 10.6. The second kappa shape index (κ2) is 6.60. The third-order valence-corrected chi connectivity index (χ3v) is 3.34. The van der Waals surface area contributed by atoms with Gasteiger partial charge in [-0.2, -0.15) is 11.8 Å². The standard InChI is InChI=1S/C11H17NO3S/c1-8(16-2)5-6-12-7-9-3-4-10(15-9)11(13)14/h3-4,8,12H,5-7H2,1-2H3,(H,13,14). The molecule has 0 saturated heterocycles. The molecule has 0 aliphatic heterocycles. The van der Waals surface area contributed by atoms with Crippen LogP contribution in [-0.4, -0.2) is 29.1 Å². The van der Waals surface area contributed by atoms with Gasteiger partial charge in [0.15, 0.2) is 0 Å². The Labute approximate surface area is 99.4 Å². The lowest BCUT2D eigenvalue weighted by molar-refractivity contribution is 0.0660. The first-order chi connectivity index (χ1) is 7.63. The predicted octanol–water partition coefficient (Wildman–Crippen LogP) is 2.21. The molecule has 90 valence electrons. The highest BCUT2D eigenvalue weighted by Crippen LogP contribution is 2.09. The molecule has 2 N–H and O–H groups in total. The van der Waals surface area contributed by atoms with E-state index < -0.39 is 5.97 Å². The van der Waals surface area contributed by atoms with Crippen LogP contribution in [0.5, 0.6) is 0 Å². The van der Waals surface area contributed by atoms with Gasteiger partial charge < -0.3 is 14.8 Å². The van der Waals surface area contributed by atoms with Gasteiger partial charge in [0.1, 0.15) is 5.76 Å². The van der Waals surface area contributed by atoms with E-state index in [0.717, 1.165) is 13.0 Å². The molecule has 1 rings (SSSR count). The summed E-state index contributed by atoms with van der Waals surface area (Å²) in [6.45, 7) is 3.67. The monoisotopic (exact) mass is 243 g/mol. The molecule has 0 bridgehead atoms. The molecule has 5 heteroatoms. The van der Waals surface area contributed by atoms with Crippen molar-refractivity contribution < 1.29 is 14.3 Å². The lowest BCUT2D eigenvalue weighted by Crippen LogP contribution is -2.17. The van der Waals surface area contributed by atoms with Crippen molar-refractivity contribution in [2.24, 2.45) is 0 Å². The van der Waals surface area contributed by atoms with E-state index in [4.69, 9.17) is 9.52 Å². The van der Waals surface area contributed by atoms with Gasteiger partial charge >= 0.3 is 5.97 Å². The first-order valence-corrected chi connectivity index (χ1v) is 6.47. The zero-order valence-electron chi connectivity index (χ0n) is 9.53. The molecule has 0 amide bonds. The van der Waals surface area contributed by atoms with Crippen molar-refractivity contribution in [3.63, 3.8) is 0 Å². The Bertz CT molecular complexity index is 338. The average Bonchev–Trinajstić information content (AvgIpc) is 2.72. The molecule has 1 aromatic heterocycles. The summed E-state index contributed by atoms with van der Waals surface area (Å²) in [7, 11) is 0. The van der Waals surface area contributed by atoms with Gasteiger partial charge in [0.05, 0.1) is 6.54 Å². The molecule has 16 heavy (non-hydrogen) atoms. The number of hydrogen-bond donors (Lipinski definition) is 2. The summed E-state index contributed by atoms with van der Waals surface area (Å²) in [5.74, 6) is -0.370. The molecule has 1 atom stereocenters. The van der Waals surface area contributed by atoms with E-state index in [1.54, 1.807) is 6.07 Å². The van der Waals surface area contributed by atoms with Gasteiger partial charge in [-0.25, -0.2) is 4.79 Å². The van der Waals surface area contributed by atoms with Crippen LogP contribution in [0.2, 0.25) is 0 Å². The number of aromatic carboxylic acids is 1. The van der Waals surface area contributed by atoms with Crippen LogP contribution >= 0.6 is 11.8 Å². The lowest BCUT2D eigenvalue weighted by Gasteiger charge is -2.07. The Kier molecular flexibility index (Phi) is 5.42. The summed E-state index contributed by atoms with van der Waals surface area (Å²) < 4.78 is 5.11. The van der Waals surface area contributed by atoms with Gasteiger partial charge in [-0.1, -0.05) is 6.92 Å². The number of nitrogens with one attached hydrogen (secondary N) is 1. The zero-order valence-corrected chi connectivity index (χ0v) is 10.3. The number of carboxylic acid groups (broad SMARTS) is 1. The fraction of sp³-hybridized carbons (Fsp3) is 0.545. The molecule has 1 aromatic rings. The molecule has 0 radical (unpaired) electrons. The van der Waals surface area contributed by atoms with Crippen LogP contribution in [0.1, 0.15) is 29.7 Å². The molecule has 1 unspecified atom stereocenters. The van der Waals surface area contributed by atoms with E-state index in [2.05, 4.69) is 18.5 Å². The molecule has 0 fully saturated rings. The quantitative estimate of drug-likeness (QED) is 0.719. The van der Waals surface area contributed by atoms with E-state index in [1.807, 2.05) is 11.8 Å². The van der Waals surface area contributed by atoms with Gasteiger partial charge in [-0.15, -0.1) is 0 Å². The van der Waals surface area contributed by atoms with Crippen molar-refractivity contribution in [1.82, 2.24) is 5.32 Å². The number of hydrogen-bond acceptors (Lipinski definition) is 4. The highest BCUT2D eigenvalue weighted by molar-refractivity contribution is 7.99. The molecule has 0 aliphatic carbocycles. The molecule has 0 aliphatic rings. The van der Waals surface area contributed by atoms with Gasteiger partial charge in [-0.05, 0) is 31.4 Å². The minimum atomic E-state index is -1.03. The normalized spacial score (nSPS) is 12.6. The topological polar surface area (TPSA) is 62.5 Å². The minimum Gasteiger partial charge on any atom is -0.475 e. The Balaban J connectivity index is 2.24. The van der Waals surface area contributed by atoms with Gasteiger partial charge in [0, 0.05) is 5.25 Å². The highest BCUT2D eigenvalue weighted by atomic mass is 32.2. The molecule has 4 nitrogen and oxygen atoms in total. The number of thioether (sulfide) groups is 1. The predicted molar refractivity (Wildman–Crippen MR) is 65.0 cm³/mol. The third-order valence-electron chi connectivity index (χ3n) is 2.30. The van der Waals surface area contributed by atoms with Crippen molar-refractivity contribution in [1.29, 1.82) is 0 Å². The molecule has 1 heterocycles. The van der Waals surface area contributed by atoms with E-state index in [0.29, 0.717) is 17.6 Å². The number of furan rings is 1. The molecule has 0 spiro atoms. The maximum atomic E-state index is 10.6. The first kappa shape index (κ1) is 13.1. The molecular weight excluding hydrogens is 226 g/mol. The lowest BCUT2D eigenvalue weighted by atomic mass is 10.3. The maximum Gasteiger partial charge on any atom is 0.371 e. The summed E-state index contributed by atoms with van der Waals surface area (Å²) in [6.07, 6.45) is 3.18. The van der Waals surface area contributed by atoms with Crippen LogP contribution in [0.3, 0.4) is 0 Å². The zero-order chi connectivity index (χ0) is 12.0. The Hall–Kier alpha value is -0.940. The third kappa shape index (κ3) is 4.28. The smallest absolute Gasteiger partial charge is 0.371 e. The van der Waals surface area contributed by atoms with Crippen molar-refractivity contribution in [3.05, 3.63) is 23.7 Å². The second-order valence-electron chi connectivity index (χ2n) is 3.58. The maximum absolute atomic E-state index is 10.6.